The topological polar surface area (TPSA) is 119 Å². The number of aryl methyl sites for hydroxylation is 1. The Bertz CT molecular complexity index is 1480. The number of amides is 1. The predicted octanol–water partition coefficient (Wildman–Crippen LogP) is 4.42. The molecule has 3 heterocycles. The number of carbonyl (C=O) groups excluding carboxylic acids is 1. The number of carbonyl (C=O) groups is 1. The zero-order valence-electron chi connectivity index (χ0n) is 21.7. The van der Waals surface area contributed by atoms with Crippen LogP contribution in [0.1, 0.15) is 48.7 Å². The minimum atomic E-state index is -4.76. The van der Waals surface area contributed by atoms with Crippen LogP contribution in [0.3, 0.4) is 0 Å². The molecule has 10 nitrogen and oxygen atoms in total. The lowest BCUT2D eigenvalue weighted by Crippen LogP contribution is -2.44. The number of alkyl halides is 3. The highest BCUT2D eigenvalue weighted by Gasteiger charge is 2.46. The van der Waals surface area contributed by atoms with E-state index in [1.807, 2.05) is 0 Å². The number of ether oxygens (including phenoxy) is 1. The number of benzene rings is 1. The maximum Gasteiger partial charge on any atom is 0.413 e. The molecule has 15 heteroatoms. The van der Waals surface area contributed by atoms with E-state index >= 15 is 0 Å². The Morgan fingerprint density at radius 3 is 2.51 bits per heavy atom. The molecule has 1 amide bonds. The molecule has 1 N–H and O–H groups in total. The van der Waals surface area contributed by atoms with E-state index in [-0.39, 0.29) is 41.0 Å². The monoisotopic (exact) mass is 588 g/mol. The molecular formula is C24H28ClF3N6O4S. The SMILES string of the molecule is CO[C@@H](C)c1c(Nc2ccc([C@H](N(C)C(=O)C3CCS(=O)(=O)CC3)C(F)(F)F)cc2C)cnc2nc(Cl)nn12. The fourth-order valence-electron chi connectivity index (χ4n) is 4.75. The second-order valence-electron chi connectivity index (χ2n) is 9.55. The third-order valence-electron chi connectivity index (χ3n) is 6.90. The Hall–Kier alpha value is -2.97. The first-order valence-corrected chi connectivity index (χ1v) is 14.3. The molecule has 2 aromatic heterocycles. The number of hydrogen-bond acceptors (Lipinski definition) is 8. The average molecular weight is 589 g/mol. The van der Waals surface area contributed by atoms with Crippen molar-refractivity contribution in [2.75, 3.05) is 31.0 Å². The van der Waals surface area contributed by atoms with Crippen LogP contribution in [0.15, 0.2) is 24.4 Å². The third-order valence-corrected chi connectivity index (χ3v) is 8.78. The Balaban J connectivity index is 1.64. The second kappa shape index (κ2) is 10.9. The van der Waals surface area contributed by atoms with Crippen LogP contribution in [0.4, 0.5) is 24.5 Å². The fraction of sp³-hybridized carbons (Fsp3) is 0.500. The highest BCUT2D eigenvalue weighted by atomic mass is 35.5. The van der Waals surface area contributed by atoms with Gasteiger partial charge in [-0.15, -0.1) is 5.10 Å². The van der Waals surface area contributed by atoms with Gasteiger partial charge in [0.15, 0.2) is 6.04 Å². The van der Waals surface area contributed by atoms with Crippen molar-refractivity contribution in [2.24, 2.45) is 5.92 Å². The van der Waals surface area contributed by atoms with Gasteiger partial charge < -0.3 is 15.0 Å². The van der Waals surface area contributed by atoms with E-state index in [4.69, 9.17) is 16.3 Å². The van der Waals surface area contributed by atoms with Crippen LogP contribution in [0.25, 0.3) is 5.78 Å². The van der Waals surface area contributed by atoms with Gasteiger partial charge in [0.1, 0.15) is 9.84 Å². The molecule has 1 fully saturated rings. The van der Waals surface area contributed by atoms with E-state index in [9.17, 15) is 26.4 Å². The number of nitrogens with one attached hydrogen (secondary N) is 1. The molecule has 0 bridgehead atoms. The van der Waals surface area contributed by atoms with Crippen molar-refractivity contribution in [2.45, 2.75) is 45.0 Å². The van der Waals surface area contributed by atoms with E-state index in [0.29, 0.717) is 27.5 Å². The summed E-state index contributed by atoms with van der Waals surface area (Å²) in [6.07, 6.45) is -3.69. The van der Waals surface area contributed by atoms with Crippen molar-refractivity contribution in [1.29, 1.82) is 0 Å². The number of halogens is 4. The predicted molar refractivity (Wildman–Crippen MR) is 139 cm³/mol. The largest absolute Gasteiger partial charge is 0.413 e. The van der Waals surface area contributed by atoms with Gasteiger partial charge in [0, 0.05) is 25.8 Å². The summed E-state index contributed by atoms with van der Waals surface area (Å²) >= 11 is 5.94. The first kappa shape index (κ1) is 29.0. The van der Waals surface area contributed by atoms with Crippen LogP contribution in [0.2, 0.25) is 5.28 Å². The molecule has 1 aliphatic heterocycles. The van der Waals surface area contributed by atoms with Crippen molar-refractivity contribution in [1.82, 2.24) is 24.5 Å². The highest BCUT2D eigenvalue weighted by molar-refractivity contribution is 7.91. The van der Waals surface area contributed by atoms with Crippen LogP contribution in [0.5, 0.6) is 0 Å². The normalized spacial score (nSPS) is 17.6. The van der Waals surface area contributed by atoms with Gasteiger partial charge in [-0.2, -0.15) is 22.7 Å². The van der Waals surface area contributed by atoms with Gasteiger partial charge in [-0.1, -0.05) is 12.1 Å². The van der Waals surface area contributed by atoms with E-state index < -0.39 is 40.0 Å². The molecule has 1 aromatic carbocycles. The van der Waals surface area contributed by atoms with Crippen LogP contribution in [-0.4, -0.2) is 70.6 Å². The summed E-state index contributed by atoms with van der Waals surface area (Å²) < 4.78 is 73.1. The molecule has 2 atom stereocenters. The molecule has 4 rings (SSSR count). The van der Waals surface area contributed by atoms with Crippen molar-refractivity contribution < 1.29 is 31.1 Å². The zero-order chi connectivity index (χ0) is 28.7. The summed E-state index contributed by atoms with van der Waals surface area (Å²) in [7, 11) is -0.642. The number of anilines is 2. The van der Waals surface area contributed by atoms with Crippen molar-refractivity contribution >= 4 is 44.5 Å². The zero-order valence-corrected chi connectivity index (χ0v) is 23.2. The first-order chi connectivity index (χ1) is 18.2. The smallest absolute Gasteiger partial charge is 0.375 e. The second-order valence-corrected chi connectivity index (χ2v) is 12.2. The van der Waals surface area contributed by atoms with Crippen LogP contribution in [0, 0.1) is 12.8 Å². The lowest BCUT2D eigenvalue weighted by Gasteiger charge is -2.34. The van der Waals surface area contributed by atoms with Gasteiger partial charge in [-0.3, -0.25) is 4.79 Å². The molecule has 0 spiro atoms. The summed E-state index contributed by atoms with van der Waals surface area (Å²) in [5, 5.41) is 7.32. The van der Waals surface area contributed by atoms with Crippen LogP contribution >= 0.6 is 11.6 Å². The molecule has 0 saturated carbocycles. The van der Waals surface area contributed by atoms with Crippen molar-refractivity contribution in [3.8, 4) is 0 Å². The lowest BCUT2D eigenvalue weighted by atomic mass is 9.97. The van der Waals surface area contributed by atoms with E-state index in [1.165, 1.54) is 36.0 Å². The van der Waals surface area contributed by atoms with Crippen LogP contribution in [-0.2, 0) is 19.4 Å². The molecule has 0 unspecified atom stereocenters. The summed E-state index contributed by atoms with van der Waals surface area (Å²) in [5.74, 6) is -1.67. The standard InChI is InChI=1S/C24H28ClF3N6O4S/c1-13-11-16(20(24(26,27)28)33(3)21(35)15-7-9-39(36,37)10-8-15)5-6-17(13)30-18-12-29-23-31-22(25)32-34(23)19(18)14(2)38-4/h5-6,11-12,14-15,20,30H,7-10H2,1-4H3/t14-,20-/m0/s1. The number of nitrogens with zero attached hydrogens (tertiary/aromatic N) is 5. The van der Waals surface area contributed by atoms with Gasteiger partial charge in [-0.25, -0.2) is 13.4 Å². The number of methoxy groups -OCH3 is 1. The average Bonchev–Trinajstić information content (AvgIpc) is 3.24. The highest BCUT2D eigenvalue weighted by Crippen LogP contribution is 2.40. The molecule has 1 saturated heterocycles. The maximum absolute atomic E-state index is 14.3. The summed E-state index contributed by atoms with van der Waals surface area (Å²) in [5.41, 5.74) is 1.91. The van der Waals surface area contributed by atoms with Crippen molar-refractivity contribution in [3.63, 3.8) is 0 Å². The molecule has 212 valence electrons. The molecule has 3 aromatic rings. The quantitative estimate of drug-likeness (QED) is 0.431. The van der Waals surface area contributed by atoms with Gasteiger partial charge in [0.05, 0.1) is 35.2 Å². The van der Waals surface area contributed by atoms with Crippen LogP contribution < -0.4 is 5.32 Å². The van der Waals surface area contributed by atoms with E-state index in [0.717, 1.165) is 7.05 Å². The number of sulfone groups is 1. The van der Waals surface area contributed by atoms with Gasteiger partial charge >= 0.3 is 6.18 Å². The number of hydrogen-bond donors (Lipinski definition) is 1. The van der Waals surface area contributed by atoms with Gasteiger partial charge in [-0.05, 0) is 55.5 Å². The molecule has 1 aliphatic rings. The van der Waals surface area contributed by atoms with Crippen molar-refractivity contribution in [3.05, 3.63) is 46.5 Å². The molecule has 39 heavy (non-hydrogen) atoms. The fourth-order valence-corrected chi connectivity index (χ4v) is 6.40. The summed E-state index contributed by atoms with van der Waals surface area (Å²) in [4.78, 5) is 21.9. The maximum atomic E-state index is 14.3. The number of aromatic nitrogens is 4. The van der Waals surface area contributed by atoms with Gasteiger partial charge in [0.25, 0.3) is 5.78 Å². The van der Waals surface area contributed by atoms with E-state index in [2.05, 4.69) is 20.4 Å². The summed E-state index contributed by atoms with van der Waals surface area (Å²) in [6.45, 7) is 3.43. The molecule has 0 radical (unpaired) electrons. The third kappa shape index (κ3) is 6.12. The Labute approximate surface area is 228 Å². The van der Waals surface area contributed by atoms with Gasteiger partial charge in [0.2, 0.25) is 11.2 Å². The Morgan fingerprint density at radius 1 is 1.26 bits per heavy atom. The minimum Gasteiger partial charge on any atom is -0.375 e. The summed E-state index contributed by atoms with van der Waals surface area (Å²) in [6, 6.07) is 1.97. The number of rotatable bonds is 7. The lowest BCUT2D eigenvalue weighted by molar-refractivity contribution is -0.190. The minimum absolute atomic E-state index is 0.00329. The Kier molecular flexibility index (Phi) is 8.11. The number of fused-ring (bicyclic) bond motifs is 1. The molecular weight excluding hydrogens is 561 g/mol. The first-order valence-electron chi connectivity index (χ1n) is 12.1. The molecule has 0 aliphatic carbocycles. The Morgan fingerprint density at radius 2 is 1.92 bits per heavy atom. The van der Waals surface area contributed by atoms with E-state index in [1.54, 1.807) is 13.8 Å².